The first-order chi connectivity index (χ1) is 10.5. The second-order valence-electron chi connectivity index (χ2n) is 5.83. The molecule has 1 aliphatic rings. The molecule has 1 fully saturated rings. The van der Waals surface area contributed by atoms with Gasteiger partial charge in [0, 0.05) is 18.9 Å². The van der Waals surface area contributed by atoms with Gasteiger partial charge in [0.2, 0.25) is 12.0 Å². The minimum atomic E-state index is -3.83. The number of carbonyl (C=O) groups is 3. The van der Waals surface area contributed by atoms with Crippen LogP contribution in [0, 0.1) is 5.41 Å². The van der Waals surface area contributed by atoms with Gasteiger partial charge in [0.1, 0.15) is 0 Å². The van der Waals surface area contributed by atoms with E-state index in [1.165, 1.54) is 20.8 Å². The molecule has 9 nitrogen and oxygen atoms in total. The molecule has 1 rings (SSSR count). The van der Waals surface area contributed by atoms with Gasteiger partial charge in [-0.2, -0.15) is 8.42 Å². The lowest BCUT2D eigenvalue weighted by Gasteiger charge is -2.33. The van der Waals surface area contributed by atoms with Crippen LogP contribution in [0.5, 0.6) is 0 Å². The molecule has 1 heterocycles. The lowest BCUT2D eigenvalue weighted by Crippen LogP contribution is -2.48. The van der Waals surface area contributed by atoms with E-state index in [1.54, 1.807) is 0 Å². The maximum absolute atomic E-state index is 11.8. The van der Waals surface area contributed by atoms with Gasteiger partial charge in [-0.3, -0.25) is 8.98 Å². The molecule has 0 spiro atoms. The van der Waals surface area contributed by atoms with Crippen LogP contribution < -0.4 is 5.32 Å². The third-order valence-corrected chi connectivity index (χ3v) is 4.33. The highest BCUT2D eigenvalue weighted by molar-refractivity contribution is 7.86. The molecular weight excluding hydrogens is 330 g/mol. The number of rotatable bonds is 8. The molecule has 132 valence electrons. The Labute approximate surface area is 134 Å². The number of nitrogens with one attached hydrogen (secondary N) is 1. The van der Waals surface area contributed by atoms with Crippen LogP contribution in [0.3, 0.4) is 0 Å². The Morgan fingerprint density at radius 1 is 1.39 bits per heavy atom. The number of hydrogen-bond acceptors (Lipinski definition) is 8. The Bertz CT molecular complexity index is 569. The Morgan fingerprint density at radius 3 is 2.65 bits per heavy atom. The van der Waals surface area contributed by atoms with Crippen molar-refractivity contribution >= 4 is 28.0 Å². The van der Waals surface area contributed by atoms with Gasteiger partial charge < -0.3 is 14.8 Å². The molecule has 1 atom stereocenters. The average Bonchev–Trinajstić information content (AvgIpc) is 2.44. The van der Waals surface area contributed by atoms with Crippen LogP contribution in [-0.2, 0) is 38.2 Å². The molecule has 0 aliphatic carbocycles. The molecule has 1 aliphatic heterocycles. The fourth-order valence-electron chi connectivity index (χ4n) is 1.79. The highest BCUT2D eigenvalue weighted by atomic mass is 32.2. The van der Waals surface area contributed by atoms with Crippen LogP contribution in [0.2, 0.25) is 0 Å². The van der Waals surface area contributed by atoms with Gasteiger partial charge >= 0.3 is 11.9 Å². The smallest absolute Gasteiger partial charge is 0.348 e. The average molecular weight is 351 g/mol. The molecule has 1 amide bonds. The zero-order chi connectivity index (χ0) is 17.7. The Balaban J connectivity index is 2.52. The zero-order valence-corrected chi connectivity index (χ0v) is 14.1. The molecule has 1 saturated heterocycles. The van der Waals surface area contributed by atoms with E-state index in [2.05, 4.69) is 10.1 Å². The van der Waals surface area contributed by atoms with Gasteiger partial charge in [-0.05, 0) is 6.42 Å². The van der Waals surface area contributed by atoms with E-state index in [9.17, 15) is 22.8 Å². The first kappa shape index (κ1) is 19.4. The molecule has 1 N–H and O–H groups in total. The Hall–Kier alpha value is -1.68. The Kier molecular flexibility index (Phi) is 6.51. The molecule has 0 saturated carbocycles. The maximum Gasteiger partial charge on any atom is 0.348 e. The molecule has 0 aromatic rings. The molecule has 23 heavy (non-hydrogen) atoms. The number of cyclic esters (lactones) is 2. The summed E-state index contributed by atoms with van der Waals surface area (Å²) >= 11 is 0. The number of hydrogen-bond donors (Lipinski definition) is 1. The number of ether oxygens (including phenoxy) is 2. The van der Waals surface area contributed by atoms with E-state index >= 15 is 0 Å². The van der Waals surface area contributed by atoms with Gasteiger partial charge in [0.05, 0.1) is 12.4 Å². The Morgan fingerprint density at radius 2 is 2.04 bits per heavy atom. The summed E-state index contributed by atoms with van der Waals surface area (Å²) in [6.07, 6.45) is -1.03. The summed E-state index contributed by atoms with van der Waals surface area (Å²) in [4.78, 5) is 33.5. The molecule has 0 aromatic heterocycles. The summed E-state index contributed by atoms with van der Waals surface area (Å²) in [5.41, 5.74) is -1.07. The van der Waals surface area contributed by atoms with Gasteiger partial charge in [0.25, 0.3) is 10.1 Å². The molecule has 0 bridgehead atoms. The van der Waals surface area contributed by atoms with Crippen molar-refractivity contribution in [3.05, 3.63) is 0 Å². The van der Waals surface area contributed by atoms with Crippen molar-refractivity contribution in [1.29, 1.82) is 0 Å². The van der Waals surface area contributed by atoms with Crippen LogP contribution in [0.4, 0.5) is 0 Å². The maximum atomic E-state index is 11.8. The summed E-state index contributed by atoms with van der Waals surface area (Å²) < 4.78 is 38.1. The second kappa shape index (κ2) is 7.73. The summed E-state index contributed by atoms with van der Waals surface area (Å²) in [5.74, 6) is -1.96. The van der Waals surface area contributed by atoms with Crippen molar-refractivity contribution in [2.45, 2.75) is 33.3 Å². The monoisotopic (exact) mass is 351 g/mol. The van der Waals surface area contributed by atoms with Crippen molar-refractivity contribution in [3.63, 3.8) is 0 Å². The standard InChI is InChI=1S/C13H21NO8S/c1-9(15)14-5-4-6-23(18,19)21-8-13(2,3)11-12(17)20-7-10(16)22-11/h11H,4-8H2,1-3H3,(H,14,15)/t11-/m0/s1. The normalized spacial score (nSPS) is 19.0. The van der Waals surface area contributed by atoms with Crippen molar-refractivity contribution in [2.24, 2.45) is 5.41 Å². The van der Waals surface area contributed by atoms with Crippen LogP contribution >= 0.6 is 0 Å². The first-order valence-electron chi connectivity index (χ1n) is 7.01. The van der Waals surface area contributed by atoms with Gasteiger partial charge in [-0.15, -0.1) is 0 Å². The van der Waals surface area contributed by atoms with E-state index in [0.717, 1.165) is 0 Å². The fourth-order valence-corrected chi connectivity index (χ4v) is 2.89. The van der Waals surface area contributed by atoms with Crippen LogP contribution in [0.1, 0.15) is 27.2 Å². The summed E-state index contributed by atoms with van der Waals surface area (Å²) in [7, 11) is -3.83. The molecule has 0 unspecified atom stereocenters. The minimum Gasteiger partial charge on any atom is -0.451 e. The van der Waals surface area contributed by atoms with E-state index < -0.39 is 40.2 Å². The van der Waals surface area contributed by atoms with E-state index in [0.29, 0.717) is 0 Å². The summed E-state index contributed by atoms with van der Waals surface area (Å²) in [6, 6.07) is 0. The van der Waals surface area contributed by atoms with Crippen LogP contribution in [0.15, 0.2) is 0 Å². The minimum absolute atomic E-state index is 0.197. The molecular formula is C13H21NO8S. The quantitative estimate of drug-likeness (QED) is 0.347. The lowest BCUT2D eigenvalue weighted by atomic mass is 9.87. The van der Waals surface area contributed by atoms with Gasteiger partial charge in [-0.1, -0.05) is 13.8 Å². The molecule has 0 radical (unpaired) electrons. The topological polar surface area (TPSA) is 125 Å². The first-order valence-corrected chi connectivity index (χ1v) is 8.59. The van der Waals surface area contributed by atoms with Crippen molar-refractivity contribution in [1.82, 2.24) is 5.32 Å². The van der Waals surface area contributed by atoms with Crippen molar-refractivity contribution < 1.29 is 36.5 Å². The fraction of sp³-hybridized carbons (Fsp3) is 0.769. The number of esters is 2. The molecule has 0 aromatic carbocycles. The number of carbonyl (C=O) groups excluding carboxylic acids is 3. The van der Waals surface area contributed by atoms with Crippen molar-refractivity contribution in [2.75, 3.05) is 25.5 Å². The van der Waals surface area contributed by atoms with Gasteiger partial charge in [0.15, 0.2) is 6.61 Å². The SMILES string of the molecule is CC(=O)NCCCS(=O)(=O)OCC(C)(C)[C@H]1OC(=O)COC1=O. The second-order valence-corrected chi connectivity index (χ2v) is 7.59. The zero-order valence-electron chi connectivity index (χ0n) is 13.3. The lowest BCUT2D eigenvalue weighted by molar-refractivity contribution is -0.194. The summed E-state index contributed by atoms with van der Waals surface area (Å²) in [5, 5.41) is 2.48. The highest BCUT2D eigenvalue weighted by Gasteiger charge is 2.43. The summed E-state index contributed by atoms with van der Waals surface area (Å²) in [6.45, 7) is 3.82. The van der Waals surface area contributed by atoms with Gasteiger partial charge in [-0.25, -0.2) is 9.59 Å². The third kappa shape index (κ3) is 6.53. The van der Waals surface area contributed by atoms with Crippen LogP contribution in [-0.4, -0.2) is 57.9 Å². The van der Waals surface area contributed by atoms with Crippen molar-refractivity contribution in [3.8, 4) is 0 Å². The van der Waals surface area contributed by atoms with E-state index in [-0.39, 0.29) is 31.2 Å². The molecule has 10 heteroatoms. The predicted octanol–water partition coefficient (Wildman–Crippen LogP) is -0.646. The van der Waals surface area contributed by atoms with E-state index in [1.807, 2.05) is 0 Å². The highest BCUT2D eigenvalue weighted by Crippen LogP contribution is 2.28. The predicted molar refractivity (Wildman–Crippen MR) is 77.7 cm³/mol. The third-order valence-electron chi connectivity index (χ3n) is 3.06. The van der Waals surface area contributed by atoms with E-state index in [4.69, 9.17) is 8.92 Å². The number of amides is 1. The van der Waals surface area contributed by atoms with Crippen LogP contribution in [0.25, 0.3) is 0 Å². The largest absolute Gasteiger partial charge is 0.451 e.